The molecule has 2 aromatic carbocycles. The minimum atomic E-state index is -5.24. The van der Waals surface area contributed by atoms with Crippen LogP contribution in [0.5, 0.6) is 5.75 Å². The lowest BCUT2D eigenvalue weighted by molar-refractivity contribution is -0.202. The molecule has 0 radical (unpaired) electrons. The molecule has 1 aliphatic heterocycles. The van der Waals surface area contributed by atoms with Gasteiger partial charge in [-0.05, 0) is 68.6 Å². The van der Waals surface area contributed by atoms with Crippen molar-refractivity contribution in [2.45, 2.75) is 51.9 Å². The summed E-state index contributed by atoms with van der Waals surface area (Å²) in [6, 6.07) is 8.06. The molecule has 0 saturated carbocycles. The van der Waals surface area contributed by atoms with Crippen molar-refractivity contribution in [1.29, 1.82) is 0 Å². The largest absolute Gasteiger partial charge is 0.491 e. The summed E-state index contributed by atoms with van der Waals surface area (Å²) >= 11 is 6.32. The zero-order chi connectivity index (χ0) is 26.9. The van der Waals surface area contributed by atoms with Crippen molar-refractivity contribution in [1.82, 2.24) is 15.5 Å². The summed E-state index contributed by atoms with van der Waals surface area (Å²) in [5, 5.41) is 7.60. The van der Waals surface area contributed by atoms with E-state index in [4.69, 9.17) is 20.9 Å². The molecule has 0 bridgehead atoms. The zero-order valence-electron chi connectivity index (χ0n) is 20.1. The standard InChI is InChI=1S/C25H23ClF3N3O5/c1-12(2)35-20-7-4-14(10-18(20)26)23-31-22(32-37-23)16-5-6-17-15(13(16)3)8-9-30-19(17)11-21(33)36-24(34)25(27,28)29/h4-7,10,12,19,30H,8-9,11H2,1-3H3. The number of halogens is 4. The second-order valence-electron chi connectivity index (χ2n) is 8.76. The lowest BCUT2D eigenvalue weighted by Gasteiger charge is -2.28. The monoisotopic (exact) mass is 537 g/mol. The second-order valence-corrected chi connectivity index (χ2v) is 9.17. The van der Waals surface area contributed by atoms with E-state index >= 15 is 0 Å². The molecule has 12 heteroatoms. The summed E-state index contributed by atoms with van der Waals surface area (Å²) in [6.45, 7) is 6.14. The first-order valence-corrected chi connectivity index (χ1v) is 11.8. The Morgan fingerprint density at radius 3 is 2.68 bits per heavy atom. The van der Waals surface area contributed by atoms with Crippen molar-refractivity contribution in [2.75, 3.05) is 6.54 Å². The van der Waals surface area contributed by atoms with Gasteiger partial charge in [-0.2, -0.15) is 18.2 Å². The van der Waals surface area contributed by atoms with Gasteiger partial charge in [0, 0.05) is 17.2 Å². The van der Waals surface area contributed by atoms with Crippen molar-refractivity contribution < 1.29 is 36.8 Å². The van der Waals surface area contributed by atoms with Crippen LogP contribution in [0.1, 0.15) is 43.0 Å². The summed E-state index contributed by atoms with van der Waals surface area (Å²) in [4.78, 5) is 27.4. The van der Waals surface area contributed by atoms with E-state index in [1.54, 1.807) is 30.3 Å². The quantitative estimate of drug-likeness (QED) is 0.331. The van der Waals surface area contributed by atoms with E-state index in [-0.39, 0.29) is 12.0 Å². The molecule has 0 spiro atoms. The van der Waals surface area contributed by atoms with Crippen LogP contribution in [0, 0.1) is 6.92 Å². The van der Waals surface area contributed by atoms with E-state index < -0.39 is 30.6 Å². The molecule has 2 heterocycles. The third-order valence-electron chi connectivity index (χ3n) is 5.79. The number of carbonyl (C=O) groups is 2. The number of alkyl halides is 3. The molecule has 1 atom stereocenters. The van der Waals surface area contributed by atoms with Gasteiger partial charge >= 0.3 is 18.1 Å². The summed E-state index contributed by atoms with van der Waals surface area (Å²) in [5.74, 6) is -2.64. The van der Waals surface area contributed by atoms with Gasteiger partial charge in [-0.15, -0.1) is 0 Å². The molecule has 4 rings (SSSR count). The molecule has 0 fully saturated rings. The molecule has 1 aromatic heterocycles. The van der Waals surface area contributed by atoms with Gasteiger partial charge in [-0.1, -0.05) is 28.9 Å². The molecule has 3 aromatic rings. The average Bonchev–Trinajstić information content (AvgIpc) is 3.30. The van der Waals surface area contributed by atoms with Gasteiger partial charge in [0.1, 0.15) is 5.75 Å². The molecule has 196 valence electrons. The van der Waals surface area contributed by atoms with E-state index in [0.29, 0.717) is 40.7 Å². The number of nitrogens with zero attached hydrogens (tertiary/aromatic N) is 2. The van der Waals surface area contributed by atoms with E-state index in [0.717, 1.165) is 16.7 Å². The molecule has 1 N–H and O–H groups in total. The third-order valence-corrected chi connectivity index (χ3v) is 6.09. The van der Waals surface area contributed by atoms with Gasteiger partial charge in [0.2, 0.25) is 5.82 Å². The van der Waals surface area contributed by atoms with E-state index in [1.165, 1.54) is 0 Å². The number of rotatable bonds is 6. The van der Waals surface area contributed by atoms with Gasteiger partial charge in [-0.25, -0.2) is 4.79 Å². The highest BCUT2D eigenvalue weighted by atomic mass is 35.5. The van der Waals surface area contributed by atoms with Crippen molar-refractivity contribution >= 4 is 23.5 Å². The summed E-state index contributed by atoms with van der Waals surface area (Å²) in [6.07, 6.45) is -5.09. The molecule has 1 aliphatic rings. The average molecular weight is 538 g/mol. The maximum Gasteiger partial charge on any atom is 0.491 e. The highest BCUT2D eigenvalue weighted by molar-refractivity contribution is 6.32. The second kappa shape index (κ2) is 10.5. The molecule has 8 nitrogen and oxygen atoms in total. The Hall–Kier alpha value is -3.44. The van der Waals surface area contributed by atoms with Crippen LogP contribution in [0.25, 0.3) is 22.8 Å². The molecule has 1 unspecified atom stereocenters. The number of esters is 2. The maximum absolute atomic E-state index is 12.4. The van der Waals surface area contributed by atoms with Crippen LogP contribution < -0.4 is 10.1 Å². The number of benzene rings is 2. The molecule has 0 amide bonds. The van der Waals surface area contributed by atoms with E-state index in [2.05, 4.69) is 20.2 Å². The maximum atomic E-state index is 12.4. The zero-order valence-corrected chi connectivity index (χ0v) is 20.9. The fraction of sp³-hybridized carbons (Fsp3) is 0.360. The Bertz CT molecular complexity index is 1340. The molecule has 0 aliphatic carbocycles. The Labute approximate surface area is 215 Å². The van der Waals surface area contributed by atoms with Gasteiger partial charge in [-0.3, -0.25) is 4.79 Å². The third kappa shape index (κ3) is 5.94. The lowest BCUT2D eigenvalue weighted by Crippen LogP contribution is -2.34. The number of aromatic nitrogens is 2. The van der Waals surface area contributed by atoms with Gasteiger partial charge in [0.05, 0.1) is 17.5 Å². The first-order chi connectivity index (χ1) is 17.4. The number of carbonyl (C=O) groups excluding carboxylic acids is 2. The van der Waals surface area contributed by atoms with Crippen LogP contribution in [0.2, 0.25) is 5.02 Å². The van der Waals surface area contributed by atoms with Crippen molar-refractivity contribution in [3.05, 3.63) is 52.0 Å². The predicted molar refractivity (Wildman–Crippen MR) is 127 cm³/mol. The van der Waals surface area contributed by atoms with Crippen LogP contribution in [-0.2, 0) is 20.7 Å². The summed E-state index contributed by atoms with van der Waals surface area (Å²) in [5.41, 5.74) is 3.79. The van der Waals surface area contributed by atoms with Crippen LogP contribution >= 0.6 is 11.6 Å². The fourth-order valence-electron chi connectivity index (χ4n) is 4.14. The van der Waals surface area contributed by atoms with Crippen LogP contribution in [-0.4, -0.2) is 40.9 Å². The number of nitrogens with one attached hydrogen (secondary N) is 1. The number of fused-ring (bicyclic) bond motifs is 1. The first kappa shape index (κ1) is 26.6. The number of hydrogen-bond donors (Lipinski definition) is 1. The van der Waals surface area contributed by atoms with Crippen molar-refractivity contribution in [2.24, 2.45) is 0 Å². The van der Waals surface area contributed by atoms with Crippen LogP contribution in [0.15, 0.2) is 34.9 Å². The minimum absolute atomic E-state index is 0.0341. The predicted octanol–water partition coefficient (Wildman–Crippen LogP) is 5.36. The lowest BCUT2D eigenvalue weighted by atomic mass is 9.87. The SMILES string of the molecule is Cc1c(-c2noc(-c3ccc(OC(C)C)c(Cl)c3)n2)ccc2c1CCNC2CC(=O)OC(=O)C(F)(F)F. The van der Waals surface area contributed by atoms with Crippen molar-refractivity contribution in [3.63, 3.8) is 0 Å². The molecular formula is C25H23ClF3N3O5. The Balaban J connectivity index is 1.55. The van der Waals surface area contributed by atoms with Crippen LogP contribution in [0.4, 0.5) is 13.2 Å². The van der Waals surface area contributed by atoms with E-state index in [1.807, 2.05) is 20.8 Å². The molecular weight excluding hydrogens is 515 g/mol. The smallest absolute Gasteiger partial charge is 0.489 e. The number of ether oxygens (including phenoxy) is 2. The molecule has 0 saturated heterocycles. The van der Waals surface area contributed by atoms with Gasteiger partial charge < -0.3 is 19.3 Å². The van der Waals surface area contributed by atoms with Gasteiger partial charge in [0.25, 0.3) is 5.89 Å². The minimum Gasteiger partial charge on any atom is -0.489 e. The topological polar surface area (TPSA) is 104 Å². The first-order valence-electron chi connectivity index (χ1n) is 11.4. The molecule has 37 heavy (non-hydrogen) atoms. The Morgan fingerprint density at radius 2 is 2.00 bits per heavy atom. The number of hydrogen-bond acceptors (Lipinski definition) is 8. The highest BCUT2D eigenvalue weighted by Gasteiger charge is 2.42. The normalized spacial score (nSPS) is 15.4. The van der Waals surface area contributed by atoms with Gasteiger partial charge in [0.15, 0.2) is 0 Å². The highest BCUT2D eigenvalue weighted by Crippen LogP contribution is 2.35. The summed E-state index contributed by atoms with van der Waals surface area (Å²) < 4.78 is 52.3. The Morgan fingerprint density at radius 1 is 1.24 bits per heavy atom. The fourth-order valence-corrected chi connectivity index (χ4v) is 4.37. The van der Waals surface area contributed by atoms with E-state index in [9.17, 15) is 22.8 Å². The van der Waals surface area contributed by atoms with Crippen LogP contribution in [0.3, 0.4) is 0 Å². The summed E-state index contributed by atoms with van der Waals surface area (Å²) in [7, 11) is 0. The Kier molecular flexibility index (Phi) is 7.56. The van der Waals surface area contributed by atoms with Crippen molar-refractivity contribution in [3.8, 4) is 28.6 Å².